The SMILES string of the molecule is O=C(O)c1cccc2c1CC1(CCN(Cc3ccc(C(F)(F)F)cc3)C1=O)C2. The van der Waals surface area contributed by atoms with Crippen LogP contribution >= 0.6 is 0 Å². The summed E-state index contributed by atoms with van der Waals surface area (Å²) in [7, 11) is 0. The smallest absolute Gasteiger partial charge is 0.416 e. The molecule has 2 aromatic carbocycles. The average Bonchev–Trinajstić information content (AvgIpc) is 3.16. The minimum atomic E-state index is -4.39. The number of hydrogen-bond donors (Lipinski definition) is 1. The highest BCUT2D eigenvalue weighted by molar-refractivity contribution is 5.92. The van der Waals surface area contributed by atoms with Crippen LogP contribution in [0, 0.1) is 5.41 Å². The van der Waals surface area contributed by atoms with Gasteiger partial charge < -0.3 is 10.0 Å². The van der Waals surface area contributed by atoms with Crippen molar-refractivity contribution in [1.82, 2.24) is 4.90 Å². The summed E-state index contributed by atoms with van der Waals surface area (Å²) in [5.41, 5.74) is 1.14. The van der Waals surface area contributed by atoms with Gasteiger partial charge in [-0.2, -0.15) is 13.2 Å². The van der Waals surface area contributed by atoms with Crippen LogP contribution < -0.4 is 0 Å². The van der Waals surface area contributed by atoms with Crippen LogP contribution in [0.5, 0.6) is 0 Å². The van der Waals surface area contributed by atoms with Gasteiger partial charge in [0, 0.05) is 13.1 Å². The molecule has 146 valence electrons. The predicted octanol–water partition coefficient (Wildman–Crippen LogP) is 3.92. The predicted molar refractivity (Wildman–Crippen MR) is 94.7 cm³/mol. The van der Waals surface area contributed by atoms with Crippen molar-refractivity contribution >= 4 is 11.9 Å². The molecule has 0 aromatic heterocycles. The third-order valence-corrected chi connectivity index (χ3v) is 5.80. The van der Waals surface area contributed by atoms with Crippen LogP contribution in [-0.2, 0) is 30.4 Å². The van der Waals surface area contributed by atoms with E-state index in [1.165, 1.54) is 12.1 Å². The lowest BCUT2D eigenvalue weighted by Gasteiger charge is -2.23. The van der Waals surface area contributed by atoms with Crippen LogP contribution in [0.4, 0.5) is 13.2 Å². The summed E-state index contributed by atoms with van der Waals surface area (Å²) in [6, 6.07) is 9.95. The lowest BCUT2D eigenvalue weighted by Crippen LogP contribution is -2.35. The number of carboxylic acids is 1. The highest BCUT2D eigenvalue weighted by Crippen LogP contribution is 2.46. The molecule has 1 aliphatic carbocycles. The van der Waals surface area contributed by atoms with Crippen molar-refractivity contribution in [1.29, 1.82) is 0 Å². The number of halogens is 3. The molecule has 0 bridgehead atoms. The van der Waals surface area contributed by atoms with Crippen LogP contribution in [0.15, 0.2) is 42.5 Å². The van der Waals surface area contributed by atoms with Gasteiger partial charge in [0.25, 0.3) is 0 Å². The zero-order valence-corrected chi connectivity index (χ0v) is 14.9. The van der Waals surface area contributed by atoms with E-state index < -0.39 is 23.1 Å². The van der Waals surface area contributed by atoms with Crippen LogP contribution in [0.1, 0.15) is 39.0 Å². The number of amides is 1. The van der Waals surface area contributed by atoms with Crippen molar-refractivity contribution in [2.45, 2.75) is 32.0 Å². The van der Waals surface area contributed by atoms with Crippen LogP contribution in [0.25, 0.3) is 0 Å². The molecule has 1 unspecified atom stereocenters. The van der Waals surface area contributed by atoms with Crippen molar-refractivity contribution in [2.24, 2.45) is 5.41 Å². The van der Waals surface area contributed by atoms with Crippen LogP contribution in [0.3, 0.4) is 0 Å². The maximum atomic E-state index is 13.1. The molecule has 1 saturated heterocycles. The van der Waals surface area contributed by atoms with E-state index in [2.05, 4.69) is 0 Å². The van der Waals surface area contributed by atoms with Gasteiger partial charge in [-0.25, -0.2) is 4.79 Å². The number of rotatable bonds is 3. The van der Waals surface area contributed by atoms with E-state index in [1.54, 1.807) is 17.0 Å². The standard InChI is InChI=1S/C21H18F3NO3/c22-21(23,24)15-6-4-13(5-7-15)12-25-9-8-20(19(25)28)10-14-2-1-3-16(18(26)27)17(14)11-20/h1-7H,8-12H2,(H,26,27). The molecule has 2 aromatic rings. The monoisotopic (exact) mass is 389 g/mol. The molecule has 28 heavy (non-hydrogen) atoms. The number of alkyl halides is 3. The molecule has 4 rings (SSSR count). The number of hydrogen-bond acceptors (Lipinski definition) is 2. The van der Waals surface area contributed by atoms with E-state index in [0.717, 1.165) is 23.3 Å². The lowest BCUT2D eigenvalue weighted by molar-refractivity contribution is -0.138. The Balaban J connectivity index is 1.52. The van der Waals surface area contributed by atoms with E-state index in [-0.39, 0.29) is 18.0 Å². The first kappa shape index (κ1) is 18.5. The molecule has 1 atom stereocenters. The van der Waals surface area contributed by atoms with Crippen molar-refractivity contribution in [3.63, 3.8) is 0 Å². The summed E-state index contributed by atoms with van der Waals surface area (Å²) in [6.07, 6.45) is -2.87. The average molecular weight is 389 g/mol. The maximum Gasteiger partial charge on any atom is 0.416 e. The molecule has 0 radical (unpaired) electrons. The van der Waals surface area contributed by atoms with Crippen molar-refractivity contribution in [3.8, 4) is 0 Å². The number of carbonyl (C=O) groups excluding carboxylic acids is 1. The summed E-state index contributed by atoms with van der Waals surface area (Å²) in [5.74, 6) is -1.05. The first-order valence-electron chi connectivity index (χ1n) is 8.99. The second-order valence-corrected chi connectivity index (χ2v) is 7.55. The second kappa shape index (κ2) is 6.36. The van der Waals surface area contributed by atoms with Gasteiger partial charge in [0.15, 0.2) is 0 Å². The molecule has 1 heterocycles. The number of carboxylic acid groups (broad SMARTS) is 1. The Kier molecular flexibility index (Phi) is 4.21. The first-order valence-corrected chi connectivity index (χ1v) is 8.99. The van der Waals surface area contributed by atoms with Crippen LogP contribution in [-0.4, -0.2) is 28.4 Å². The van der Waals surface area contributed by atoms with Crippen LogP contribution in [0.2, 0.25) is 0 Å². The zero-order chi connectivity index (χ0) is 20.1. The number of carbonyl (C=O) groups is 2. The Morgan fingerprint density at radius 2 is 1.82 bits per heavy atom. The Morgan fingerprint density at radius 3 is 2.46 bits per heavy atom. The third kappa shape index (κ3) is 3.04. The van der Waals surface area contributed by atoms with Gasteiger partial charge in [0.1, 0.15) is 0 Å². The molecule has 1 spiro atoms. The van der Waals surface area contributed by atoms with Crippen molar-refractivity contribution in [2.75, 3.05) is 6.54 Å². The number of aromatic carboxylic acids is 1. The number of nitrogens with zero attached hydrogens (tertiary/aromatic N) is 1. The fourth-order valence-electron chi connectivity index (χ4n) is 4.37. The highest BCUT2D eigenvalue weighted by atomic mass is 19.4. The van der Waals surface area contributed by atoms with Crippen molar-refractivity contribution < 1.29 is 27.9 Å². The molecule has 1 fully saturated rings. The topological polar surface area (TPSA) is 57.6 Å². The molecule has 4 nitrogen and oxygen atoms in total. The van der Waals surface area contributed by atoms with Gasteiger partial charge in [0.2, 0.25) is 5.91 Å². The Labute approximate surface area is 159 Å². The summed E-state index contributed by atoms with van der Waals surface area (Å²) < 4.78 is 38.1. The van der Waals surface area contributed by atoms with E-state index in [1.807, 2.05) is 6.07 Å². The zero-order valence-electron chi connectivity index (χ0n) is 14.9. The van der Waals surface area contributed by atoms with E-state index in [9.17, 15) is 27.9 Å². The number of fused-ring (bicyclic) bond motifs is 1. The summed E-state index contributed by atoms with van der Waals surface area (Å²) in [6.45, 7) is 0.761. The molecule has 2 aliphatic rings. The molecular weight excluding hydrogens is 371 g/mol. The largest absolute Gasteiger partial charge is 0.478 e. The Morgan fingerprint density at radius 1 is 1.11 bits per heavy atom. The molecule has 1 N–H and O–H groups in total. The second-order valence-electron chi connectivity index (χ2n) is 7.55. The minimum absolute atomic E-state index is 0.0556. The normalized spacial score (nSPS) is 21.4. The van der Waals surface area contributed by atoms with E-state index in [0.29, 0.717) is 31.4 Å². The fourth-order valence-corrected chi connectivity index (χ4v) is 4.37. The number of benzene rings is 2. The number of likely N-dealkylation sites (tertiary alicyclic amines) is 1. The van der Waals surface area contributed by atoms with Crippen molar-refractivity contribution in [3.05, 3.63) is 70.3 Å². The van der Waals surface area contributed by atoms with E-state index in [4.69, 9.17) is 0 Å². The minimum Gasteiger partial charge on any atom is -0.478 e. The quantitative estimate of drug-likeness (QED) is 0.866. The summed E-state index contributed by atoms with van der Waals surface area (Å²) >= 11 is 0. The van der Waals surface area contributed by atoms with Gasteiger partial charge in [-0.1, -0.05) is 24.3 Å². The highest BCUT2D eigenvalue weighted by Gasteiger charge is 2.50. The summed E-state index contributed by atoms with van der Waals surface area (Å²) in [4.78, 5) is 26.2. The van der Waals surface area contributed by atoms with Gasteiger partial charge in [-0.15, -0.1) is 0 Å². The lowest BCUT2D eigenvalue weighted by atomic mass is 9.83. The molecule has 1 aliphatic heterocycles. The van der Waals surface area contributed by atoms with Gasteiger partial charge >= 0.3 is 12.1 Å². The van der Waals surface area contributed by atoms with E-state index >= 15 is 0 Å². The maximum absolute atomic E-state index is 13.1. The van der Waals surface area contributed by atoms with Gasteiger partial charge in [0.05, 0.1) is 16.5 Å². The molecule has 1 amide bonds. The molecule has 7 heteroatoms. The first-order chi connectivity index (χ1) is 13.2. The fraction of sp³-hybridized carbons (Fsp3) is 0.333. The van der Waals surface area contributed by atoms with Gasteiger partial charge in [-0.05, 0) is 54.2 Å². The molecular formula is C21H18F3NO3. The Bertz CT molecular complexity index is 952. The molecule has 0 saturated carbocycles. The third-order valence-electron chi connectivity index (χ3n) is 5.80. The Hall–Kier alpha value is -2.83. The van der Waals surface area contributed by atoms with Gasteiger partial charge in [-0.3, -0.25) is 4.79 Å². The summed E-state index contributed by atoms with van der Waals surface area (Å²) in [5, 5.41) is 9.40.